The van der Waals surface area contributed by atoms with Crippen molar-refractivity contribution in [2.45, 2.75) is 19.4 Å². The third-order valence-corrected chi connectivity index (χ3v) is 4.30. The number of benzene rings is 1. The van der Waals surface area contributed by atoms with Crippen molar-refractivity contribution in [1.82, 2.24) is 4.90 Å². The van der Waals surface area contributed by atoms with Gasteiger partial charge in [0.1, 0.15) is 5.82 Å². The second kappa shape index (κ2) is 6.01. The number of likely N-dealkylation sites (tertiary alicyclic amines) is 1. The molecule has 1 amide bonds. The number of amides is 1. The Hall–Kier alpha value is -0.940. The number of halogens is 2. The maximum Gasteiger partial charge on any atom is 0.255 e. The molecule has 0 bridgehead atoms. The molecule has 1 saturated heterocycles. The minimum atomic E-state index is -0.356. The smallest absolute Gasteiger partial charge is 0.255 e. The van der Waals surface area contributed by atoms with Crippen LogP contribution in [0.15, 0.2) is 22.7 Å². The summed E-state index contributed by atoms with van der Waals surface area (Å²) in [6.07, 6.45) is 0.986. The lowest BCUT2D eigenvalue weighted by atomic mass is 9.95. The molecule has 1 heterocycles. The molecule has 1 aromatic carbocycles. The summed E-state index contributed by atoms with van der Waals surface area (Å²) in [5.74, 6) is 0.0111. The van der Waals surface area contributed by atoms with Crippen molar-refractivity contribution in [3.8, 4) is 0 Å². The summed E-state index contributed by atoms with van der Waals surface area (Å²) < 4.78 is 18.9. The fraction of sp³-hybridized carbons (Fsp3) is 0.500. The van der Waals surface area contributed by atoms with Crippen LogP contribution in [-0.2, 0) is 4.74 Å². The lowest BCUT2D eigenvalue weighted by Crippen LogP contribution is -2.46. The van der Waals surface area contributed by atoms with E-state index in [0.29, 0.717) is 29.0 Å². The zero-order valence-corrected chi connectivity index (χ0v) is 12.6. The Kier molecular flexibility index (Phi) is 4.58. The first kappa shape index (κ1) is 14.5. The van der Waals surface area contributed by atoms with E-state index in [2.05, 4.69) is 22.9 Å². The lowest BCUT2D eigenvalue weighted by molar-refractivity contribution is -0.00160. The van der Waals surface area contributed by atoms with Crippen LogP contribution < -0.4 is 0 Å². The molecule has 0 aliphatic carbocycles. The molecule has 19 heavy (non-hydrogen) atoms. The van der Waals surface area contributed by atoms with E-state index >= 15 is 0 Å². The van der Waals surface area contributed by atoms with Crippen molar-refractivity contribution in [2.75, 3.05) is 20.2 Å². The van der Waals surface area contributed by atoms with Crippen LogP contribution in [0.3, 0.4) is 0 Å². The molecule has 1 fully saturated rings. The van der Waals surface area contributed by atoms with Gasteiger partial charge in [0.2, 0.25) is 0 Å². The highest BCUT2D eigenvalue weighted by Crippen LogP contribution is 2.24. The van der Waals surface area contributed by atoms with E-state index in [4.69, 9.17) is 4.74 Å². The Morgan fingerprint density at radius 2 is 2.26 bits per heavy atom. The van der Waals surface area contributed by atoms with Crippen LogP contribution in [0.4, 0.5) is 4.39 Å². The maximum atomic E-state index is 13.0. The molecule has 1 aliphatic heterocycles. The summed E-state index contributed by atoms with van der Waals surface area (Å²) in [5.41, 5.74) is 0.491. The van der Waals surface area contributed by atoms with E-state index in [1.165, 1.54) is 18.2 Å². The third kappa shape index (κ3) is 3.15. The van der Waals surface area contributed by atoms with Gasteiger partial charge in [-0.3, -0.25) is 4.79 Å². The topological polar surface area (TPSA) is 29.5 Å². The molecule has 104 valence electrons. The highest BCUT2D eigenvalue weighted by Gasteiger charge is 2.29. The predicted octanol–water partition coefficient (Wildman–Crippen LogP) is 3.09. The summed E-state index contributed by atoms with van der Waals surface area (Å²) in [4.78, 5) is 14.2. The zero-order valence-electron chi connectivity index (χ0n) is 11.0. The average Bonchev–Trinajstić information content (AvgIpc) is 2.38. The fourth-order valence-electron chi connectivity index (χ4n) is 2.36. The summed E-state index contributed by atoms with van der Waals surface area (Å²) in [5, 5.41) is 0. The number of methoxy groups -OCH3 is 1. The quantitative estimate of drug-likeness (QED) is 0.834. The van der Waals surface area contributed by atoms with Crippen LogP contribution in [0.25, 0.3) is 0 Å². The predicted molar refractivity (Wildman–Crippen MR) is 74.6 cm³/mol. The van der Waals surface area contributed by atoms with Crippen molar-refractivity contribution in [2.24, 2.45) is 5.92 Å². The maximum absolute atomic E-state index is 13.0. The van der Waals surface area contributed by atoms with E-state index in [1.54, 1.807) is 12.0 Å². The van der Waals surface area contributed by atoms with Crippen LogP contribution in [0.1, 0.15) is 23.7 Å². The Morgan fingerprint density at radius 3 is 2.89 bits per heavy atom. The SMILES string of the molecule is COC1CN(C(=O)c2ccc(F)cc2Br)CCC1C. The van der Waals surface area contributed by atoms with Gasteiger partial charge < -0.3 is 9.64 Å². The van der Waals surface area contributed by atoms with Gasteiger partial charge in [-0.2, -0.15) is 0 Å². The normalized spacial score (nSPS) is 23.5. The fourth-order valence-corrected chi connectivity index (χ4v) is 2.88. The second-order valence-corrected chi connectivity index (χ2v) is 5.77. The van der Waals surface area contributed by atoms with Gasteiger partial charge in [0.25, 0.3) is 5.91 Å². The summed E-state index contributed by atoms with van der Waals surface area (Å²) in [6.45, 7) is 3.42. The Bertz CT molecular complexity index is 481. The van der Waals surface area contributed by atoms with Crippen molar-refractivity contribution in [3.63, 3.8) is 0 Å². The molecule has 0 saturated carbocycles. The number of hydrogen-bond donors (Lipinski definition) is 0. The second-order valence-electron chi connectivity index (χ2n) is 4.92. The first-order chi connectivity index (χ1) is 9.02. The van der Waals surface area contributed by atoms with Gasteiger partial charge in [-0.15, -0.1) is 0 Å². The minimum Gasteiger partial charge on any atom is -0.379 e. The summed E-state index contributed by atoms with van der Waals surface area (Å²) >= 11 is 3.24. The monoisotopic (exact) mass is 329 g/mol. The molecular weight excluding hydrogens is 313 g/mol. The van der Waals surface area contributed by atoms with Gasteiger partial charge in [0.15, 0.2) is 0 Å². The number of carbonyl (C=O) groups is 1. The van der Waals surface area contributed by atoms with E-state index in [0.717, 1.165) is 6.42 Å². The highest BCUT2D eigenvalue weighted by atomic mass is 79.9. The van der Waals surface area contributed by atoms with Gasteiger partial charge >= 0.3 is 0 Å². The van der Waals surface area contributed by atoms with Crippen LogP contribution in [0.2, 0.25) is 0 Å². The van der Waals surface area contributed by atoms with Gasteiger partial charge in [0.05, 0.1) is 11.7 Å². The van der Waals surface area contributed by atoms with Crippen molar-refractivity contribution in [3.05, 3.63) is 34.1 Å². The van der Waals surface area contributed by atoms with Crippen LogP contribution in [0, 0.1) is 11.7 Å². The average molecular weight is 330 g/mol. The first-order valence-corrected chi connectivity index (χ1v) is 7.09. The number of piperidine rings is 1. The van der Waals surface area contributed by atoms with E-state index < -0.39 is 0 Å². The van der Waals surface area contributed by atoms with Gasteiger partial charge in [0, 0.05) is 24.7 Å². The third-order valence-electron chi connectivity index (χ3n) is 3.64. The zero-order chi connectivity index (χ0) is 14.0. The molecule has 5 heteroatoms. The summed E-state index contributed by atoms with van der Waals surface area (Å²) in [6, 6.07) is 4.13. The highest BCUT2D eigenvalue weighted by molar-refractivity contribution is 9.10. The van der Waals surface area contributed by atoms with Crippen molar-refractivity contribution < 1.29 is 13.9 Å². The molecule has 2 unspecified atom stereocenters. The molecule has 2 rings (SSSR count). The molecule has 2 atom stereocenters. The molecular formula is C14H17BrFNO2. The van der Waals surface area contributed by atoms with Crippen molar-refractivity contribution in [1.29, 1.82) is 0 Å². The Morgan fingerprint density at radius 1 is 1.53 bits per heavy atom. The number of nitrogens with zero attached hydrogens (tertiary/aromatic N) is 1. The Balaban J connectivity index is 2.15. The van der Waals surface area contributed by atoms with E-state index in [9.17, 15) is 9.18 Å². The standard InChI is InChI=1S/C14H17BrFNO2/c1-9-5-6-17(8-13(9)19-2)14(18)11-4-3-10(16)7-12(11)15/h3-4,7,9,13H,5-6,8H2,1-2H3. The van der Waals surface area contributed by atoms with E-state index in [1.807, 2.05) is 0 Å². The molecule has 1 aromatic rings. The molecule has 1 aliphatic rings. The minimum absolute atomic E-state index is 0.0666. The summed E-state index contributed by atoms with van der Waals surface area (Å²) in [7, 11) is 1.67. The van der Waals surface area contributed by atoms with Gasteiger partial charge in [-0.25, -0.2) is 4.39 Å². The van der Waals surface area contributed by atoms with Crippen molar-refractivity contribution >= 4 is 21.8 Å². The van der Waals surface area contributed by atoms with Crippen LogP contribution >= 0.6 is 15.9 Å². The molecule has 0 radical (unpaired) electrons. The van der Waals surface area contributed by atoms with Crippen LogP contribution in [-0.4, -0.2) is 37.1 Å². The number of ether oxygens (including phenoxy) is 1. The number of hydrogen-bond acceptors (Lipinski definition) is 2. The van der Waals surface area contributed by atoms with Gasteiger partial charge in [-0.1, -0.05) is 6.92 Å². The van der Waals surface area contributed by atoms with E-state index in [-0.39, 0.29) is 17.8 Å². The van der Waals surface area contributed by atoms with Gasteiger partial charge in [-0.05, 0) is 46.5 Å². The molecule has 0 aromatic heterocycles. The lowest BCUT2D eigenvalue weighted by Gasteiger charge is -2.36. The number of rotatable bonds is 2. The molecule has 0 N–H and O–H groups in total. The first-order valence-electron chi connectivity index (χ1n) is 6.30. The molecule has 0 spiro atoms. The van der Waals surface area contributed by atoms with Crippen LogP contribution in [0.5, 0.6) is 0 Å². The Labute approximate surface area is 120 Å². The largest absolute Gasteiger partial charge is 0.379 e. The molecule has 3 nitrogen and oxygen atoms in total. The number of carbonyl (C=O) groups excluding carboxylic acids is 1.